The first-order valence-corrected chi connectivity index (χ1v) is 7.31. The van der Waals surface area contributed by atoms with Crippen LogP contribution in [0.15, 0.2) is 29.4 Å². The van der Waals surface area contributed by atoms with Crippen LogP contribution in [0, 0.1) is 12.7 Å². The predicted molar refractivity (Wildman–Crippen MR) is 76.4 cm³/mol. The molecule has 0 aliphatic carbocycles. The second kappa shape index (κ2) is 7.25. The largest absolute Gasteiger partial charge is 0.490 e. The van der Waals surface area contributed by atoms with Gasteiger partial charge in [-0.2, -0.15) is 0 Å². The molecular weight excluding hydrogens is 279 g/mol. The third-order valence-electron chi connectivity index (χ3n) is 2.66. The third kappa shape index (κ3) is 3.71. The number of halogens is 1. The van der Waals surface area contributed by atoms with Crippen molar-refractivity contribution >= 4 is 11.8 Å². The fourth-order valence-corrected chi connectivity index (χ4v) is 2.53. The van der Waals surface area contributed by atoms with Gasteiger partial charge in [-0.05, 0) is 19.1 Å². The van der Waals surface area contributed by atoms with E-state index in [0.717, 1.165) is 11.0 Å². The van der Waals surface area contributed by atoms with E-state index in [1.54, 1.807) is 18.2 Å². The van der Waals surface area contributed by atoms with Crippen LogP contribution < -0.4 is 10.5 Å². The first-order chi connectivity index (χ1) is 9.72. The van der Waals surface area contributed by atoms with Crippen LogP contribution >= 0.6 is 11.8 Å². The Morgan fingerprint density at radius 2 is 2.15 bits per heavy atom. The minimum Gasteiger partial charge on any atom is -0.490 e. The van der Waals surface area contributed by atoms with Gasteiger partial charge in [0.05, 0.1) is 6.61 Å². The number of aryl methyl sites for hydroxylation is 1. The normalized spacial score (nSPS) is 10.8. The number of ether oxygens (including phenoxy) is 1. The highest BCUT2D eigenvalue weighted by atomic mass is 32.2. The fraction of sp³-hybridized carbons (Fsp3) is 0.385. The van der Waals surface area contributed by atoms with Gasteiger partial charge in [0.2, 0.25) is 0 Å². The van der Waals surface area contributed by atoms with Crippen molar-refractivity contribution in [1.29, 1.82) is 0 Å². The summed E-state index contributed by atoms with van der Waals surface area (Å²) in [7, 11) is 0. The van der Waals surface area contributed by atoms with Crippen molar-refractivity contribution in [2.45, 2.75) is 18.6 Å². The molecule has 2 rings (SSSR count). The molecule has 1 aromatic heterocycles. The molecule has 0 saturated carbocycles. The summed E-state index contributed by atoms with van der Waals surface area (Å²) in [4.78, 5) is 0. The number of thioether (sulfide) groups is 1. The highest BCUT2D eigenvalue weighted by Crippen LogP contribution is 2.18. The van der Waals surface area contributed by atoms with Gasteiger partial charge in [-0.1, -0.05) is 23.9 Å². The van der Waals surface area contributed by atoms with E-state index >= 15 is 0 Å². The lowest BCUT2D eigenvalue weighted by atomic mass is 10.3. The lowest BCUT2D eigenvalue weighted by Gasteiger charge is -2.08. The van der Waals surface area contributed by atoms with Gasteiger partial charge in [0, 0.05) is 18.8 Å². The monoisotopic (exact) mass is 296 g/mol. The molecule has 0 aliphatic heterocycles. The maximum atomic E-state index is 13.3. The summed E-state index contributed by atoms with van der Waals surface area (Å²) in [5, 5.41) is 8.92. The molecule has 1 aromatic carbocycles. The molecule has 0 unspecified atom stereocenters. The van der Waals surface area contributed by atoms with Crippen molar-refractivity contribution in [2.75, 3.05) is 18.9 Å². The zero-order valence-electron chi connectivity index (χ0n) is 11.3. The van der Waals surface area contributed by atoms with Crippen LogP contribution in [-0.2, 0) is 6.54 Å². The average molecular weight is 296 g/mol. The van der Waals surface area contributed by atoms with Crippen LogP contribution in [0.5, 0.6) is 5.75 Å². The molecule has 2 N–H and O–H groups in total. The number of nitrogens with zero attached hydrogens (tertiary/aromatic N) is 3. The van der Waals surface area contributed by atoms with Crippen LogP contribution in [0.25, 0.3) is 0 Å². The van der Waals surface area contributed by atoms with Gasteiger partial charge < -0.3 is 15.0 Å². The molecule has 0 aliphatic rings. The smallest absolute Gasteiger partial charge is 0.191 e. The Labute approximate surface area is 121 Å². The Kier molecular flexibility index (Phi) is 5.37. The van der Waals surface area contributed by atoms with Crippen molar-refractivity contribution in [3.05, 3.63) is 35.9 Å². The first kappa shape index (κ1) is 14.8. The van der Waals surface area contributed by atoms with Crippen molar-refractivity contribution < 1.29 is 9.13 Å². The van der Waals surface area contributed by atoms with E-state index in [1.807, 2.05) is 11.5 Å². The maximum absolute atomic E-state index is 13.3. The number of benzene rings is 1. The number of rotatable bonds is 7. The van der Waals surface area contributed by atoms with E-state index < -0.39 is 0 Å². The van der Waals surface area contributed by atoms with Gasteiger partial charge >= 0.3 is 0 Å². The molecule has 0 atom stereocenters. The molecule has 0 amide bonds. The molecule has 0 bridgehead atoms. The Morgan fingerprint density at radius 3 is 2.90 bits per heavy atom. The van der Waals surface area contributed by atoms with Gasteiger partial charge in [-0.3, -0.25) is 0 Å². The van der Waals surface area contributed by atoms with E-state index in [4.69, 9.17) is 10.5 Å². The SMILES string of the molecule is Cc1nnc(SCCOc2ccccc2F)n1CCN. The Balaban J connectivity index is 1.83. The van der Waals surface area contributed by atoms with Gasteiger partial charge in [-0.15, -0.1) is 10.2 Å². The second-order valence-electron chi connectivity index (χ2n) is 4.10. The van der Waals surface area contributed by atoms with E-state index in [-0.39, 0.29) is 11.6 Å². The number of para-hydroxylation sites is 1. The molecule has 20 heavy (non-hydrogen) atoms. The minimum absolute atomic E-state index is 0.271. The lowest BCUT2D eigenvalue weighted by Crippen LogP contribution is -2.12. The van der Waals surface area contributed by atoms with E-state index in [2.05, 4.69) is 10.2 Å². The van der Waals surface area contributed by atoms with Gasteiger partial charge in [0.25, 0.3) is 0 Å². The van der Waals surface area contributed by atoms with Crippen molar-refractivity contribution in [1.82, 2.24) is 14.8 Å². The molecule has 0 radical (unpaired) electrons. The molecule has 0 spiro atoms. The number of hydrogen-bond acceptors (Lipinski definition) is 5. The summed E-state index contributed by atoms with van der Waals surface area (Å²) >= 11 is 1.52. The number of nitrogens with two attached hydrogens (primary N) is 1. The molecule has 5 nitrogen and oxygen atoms in total. The summed E-state index contributed by atoms with van der Waals surface area (Å²) in [5.74, 6) is 1.43. The minimum atomic E-state index is -0.348. The Hall–Kier alpha value is -1.60. The summed E-state index contributed by atoms with van der Waals surface area (Å²) in [6, 6.07) is 6.37. The molecule has 0 saturated heterocycles. The number of hydrogen-bond donors (Lipinski definition) is 1. The standard InChI is InChI=1S/C13H17FN4OS/c1-10-16-17-13(18(10)7-6-15)20-9-8-19-12-5-3-2-4-11(12)14/h2-5H,6-9,15H2,1H3. The van der Waals surface area contributed by atoms with Crippen LogP contribution in [0.3, 0.4) is 0 Å². The Bertz CT molecular complexity index is 561. The van der Waals surface area contributed by atoms with Crippen molar-refractivity contribution in [2.24, 2.45) is 5.73 Å². The quantitative estimate of drug-likeness (QED) is 0.624. The zero-order chi connectivity index (χ0) is 14.4. The highest BCUT2D eigenvalue weighted by molar-refractivity contribution is 7.99. The lowest BCUT2D eigenvalue weighted by molar-refractivity contribution is 0.325. The summed E-state index contributed by atoms with van der Waals surface area (Å²) in [6.07, 6.45) is 0. The highest BCUT2D eigenvalue weighted by Gasteiger charge is 2.08. The predicted octanol–water partition coefficient (Wildman–Crippen LogP) is 1.86. The molecule has 108 valence electrons. The summed E-state index contributed by atoms with van der Waals surface area (Å²) in [6.45, 7) is 3.52. The fourth-order valence-electron chi connectivity index (χ4n) is 1.70. The van der Waals surface area contributed by atoms with Crippen LogP contribution in [0.1, 0.15) is 5.82 Å². The van der Waals surface area contributed by atoms with Crippen molar-refractivity contribution in [3.8, 4) is 5.75 Å². The summed E-state index contributed by atoms with van der Waals surface area (Å²) in [5.41, 5.74) is 5.55. The van der Waals surface area contributed by atoms with Gasteiger partial charge in [-0.25, -0.2) is 4.39 Å². The van der Waals surface area contributed by atoms with Gasteiger partial charge in [0.15, 0.2) is 16.7 Å². The van der Waals surface area contributed by atoms with E-state index in [9.17, 15) is 4.39 Å². The van der Waals surface area contributed by atoms with Gasteiger partial charge in [0.1, 0.15) is 5.82 Å². The van der Waals surface area contributed by atoms with Crippen LogP contribution in [-0.4, -0.2) is 33.7 Å². The topological polar surface area (TPSA) is 66.0 Å². The molecule has 2 aromatic rings. The van der Waals surface area contributed by atoms with Crippen LogP contribution in [0.4, 0.5) is 4.39 Å². The average Bonchev–Trinajstić information content (AvgIpc) is 2.79. The maximum Gasteiger partial charge on any atom is 0.191 e. The van der Waals surface area contributed by atoms with E-state index in [0.29, 0.717) is 25.4 Å². The zero-order valence-corrected chi connectivity index (χ0v) is 12.1. The number of aromatic nitrogens is 3. The third-order valence-corrected chi connectivity index (χ3v) is 3.59. The molecule has 0 fully saturated rings. The molecule has 7 heteroatoms. The molecular formula is C13H17FN4OS. The Morgan fingerprint density at radius 1 is 1.35 bits per heavy atom. The van der Waals surface area contributed by atoms with Crippen LogP contribution in [0.2, 0.25) is 0 Å². The summed E-state index contributed by atoms with van der Waals surface area (Å²) < 4.78 is 20.7. The second-order valence-corrected chi connectivity index (χ2v) is 5.16. The van der Waals surface area contributed by atoms with E-state index in [1.165, 1.54) is 17.8 Å². The first-order valence-electron chi connectivity index (χ1n) is 6.32. The van der Waals surface area contributed by atoms with Crippen molar-refractivity contribution in [3.63, 3.8) is 0 Å². The molecule has 1 heterocycles.